The zero-order valence-corrected chi connectivity index (χ0v) is 11.5. The van der Waals surface area contributed by atoms with Gasteiger partial charge in [-0.3, -0.25) is 9.59 Å². The van der Waals surface area contributed by atoms with Gasteiger partial charge in [0.25, 0.3) is 5.91 Å². The number of hydrogen-bond acceptors (Lipinski definition) is 3. The van der Waals surface area contributed by atoms with Crippen LogP contribution in [-0.2, 0) is 16.1 Å². The van der Waals surface area contributed by atoms with Crippen molar-refractivity contribution in [2.75, 3.05) is 14.2 Å². The molecule has 98 valence electrons. The Morgan fingerprint density at radius 2 is 1.94 bits per heavy atom. The Balaban J connectivity index is 3.20. The first-order valence-corrected chi connectivity index (χ1v) is 5.76. The minimum atomic E-state index is -0.533. The molecular weight excluding hydrogens is 230 g/mol. The van der Waals surface area contributed by atoms with Gasteiger partial charge in [0.2, 0.25) is 6.29 Å². The average Bonchev–Trinajstić information content (AvgIpc) is 2.35. The quantitative estimate of drug-likeness (QED) is 0.603. The summed E-state index contributed by atoms with van der Waals surface area (Å²) < 4.78 is 5.43. The highest BCUT2D eigenvalue weighted by Crippen LogP contribution is 2.30. The Morgan fingerprint density at radius 3 is 2.44 bits per heavy atom. The van der Waals surface area contributed by atoms with Gasteiger partial charge in [0, 0.05) is 19.2 Å². The lowest BCUT2D eigenvalue weighted by Crippen LogP contribution is -2.27. The van der Waals surface area contributed by atoms with E-state index in [1.54, 1.807) is 14.2 Å². The Kier molecular flexibility index (Phi) is 4.48. The maximum absolute atomic E-state index is 11.3. The minimum Gasteiger partial charge on any atom is -0.496 e. The van der Waals surface area contributed by atoms with Crippen molar-refractivity contribution >= 4 is 12.2 Å². The second-order valence-electron chi connectivity index (χ2n) is 4.46. The second kappa shape index (κ2) is 5.67. The normalized spacial score (nSPS) is 10.1. The molecule has 0 aliphatic carbocycles. The molecule has 0 aliphatic rings. The summed E-state index contributed by atoms with van der Waals surface area (Å²) in [5, 5.41) is 0. The van der Waals surface area contributed by atoms with Gasteiger partial charge in [0.05, 0.1) is 7.11 Å². The molecule has 0 saturated heterocycles. The van der Waals surface area contributed by atoms with Crippen LogP contribution >= 0.6 is 0 Å². The number of amides is 1. The molecule has 0 aromatic heterocycles. The van der Waals surface area contributed by atoms with Crippen molar-refractivity contribution < 1.29 is 14.3 Å². The van der Waals surface area contributed by atoms with Gasteiger partial charge in [-0.25, -0.2) is 0 Å². The van der Waals surface area contributed by atoms with Gasteiger partial charge >= 0.3 is 0 Å². The monoisotopic (exact) mass is 249 g/mol. The number of methoxy groups -OCH3 is 1. The molecule has 0 N–H and O–H groups in total. The number of ether oxygens (including phenoxy) is 1. The van der Waals surface area contributed by atoms with E-state index in [-0.39, 0.29) is 0 Å². The largest absolute Gasteiger partial charge is 0.496 e. The third-order valence-corrected chi connectivity index (χ3v) is 3.19. The van der Waals surface area contributed by atoms with E-state index in [0.29, 0.717) is 12.8 Å². The molecule has 4 nitrogen and oxygen atoms in total. The molecule has 1 aromatic carbocycles. The van der Waals surface area contributed by atoms with Crippen molar-refractivity contribution in [3.05, 3.63) is 28.3 Å². The second-order valence-corrected chi connectivity index (χ2v) is 4.46. The first kappa shape index (κ1) is 14.2. The van der Waals surface area contributed by atoms with Gasteiger partial charge in [0.1, 0.15) is 5.75 Å². The summed E-state index contributed by atoms with van der Waals surface area (Å²) in [6.45, 7) is 6.35. The molecule has 1 amide bonds. The predicted molar refractivity (Wildman–Crippen MR) is 69.7 cm³/mol. The molecule has 0 saturated carbocycles. The summed E-state index contributed by atoms with van der Waals surface area (Å²) in [6, 6.07) is 2.06. The number of carbonyl (C=O) groups excluding carboxylic acids is 2. The van der Waals surface area contributed by atoms with Gasteiger partial charge in [-0.2, -0.15) is 0 Å². The van der Waals surface area contributed by atoms with E-state index in [2.05, 4.69) is 6.07 Å². The number of hydrogen-bond donors (Lipinski definition) is 0. The van der Waals surface area contributed by atoms with E-state index in [0.717, 1.165) is 28.0 Å². The summed E-state index contributed by atoms with van der Waals surface area (Å²) in [4.78, 5) is 23.2. The molecule has 0 unspecified atom stereocenters. The van der Waals surface area contributed by atoms with Crippen molar-refractivity contribution in [3.8, 4) is 5.75 Å². The van der Waals surface area contributed by atoms with Crippen LogP contribution in [0, 0.1) is 20.8 Å². The molecule has 1 rings (SSSR count). The van der Waals surface area contributed by atoms with Crippen LogP contribution in [0.5, 0.6) is 5.75 Å². The Labute approximate surface area is 108 Å². The maximum atomic E-state index is 11.3. The lowest BCUT2D eigenvalue weighted by atomic mass is 9.98. The highest BCUT2D eigenvalue weighted by Gasteiger charge is 2.16. The first-order chi connectivity index (χ1) is 8.42. The smallest absolute Gasteiger partial charge is 0.286 e. The first-order valence-electron chi connectivity index (χ1n) is 5.76. The molecule has 0 atom stereocenters. The van der Waals surface area contributed by atoms with Gasteiger partial charge in [-0.05, 0) is 37.5 Å². The van der Waals surface area contributed by atoms with Crippen molar-refractivity contribution in [1.29, 1.82) is 0 Å². The maximum Gasteiger partial charge on any atom is 0.286 e. The van der Waals surface area contributed by atoms with E-state index >= 15 is 0 Å². The zero-order chi connectivity index (χ0) is 13.9. The molecule has 0 aliphatic heterocycles. The summed E-state index contributed by atoms with van der Waals surface area (Å²) in [5.74, 6) is 0.257. The van der Waals surface area contributed by atoms with Crippen LogP contribution in [0.15, 0.2) is 6.07 Å². The van der Waals surface area contributed by atoms with Crippen LogP contribution in [0.3, 0.4) is 0 Å². The van der Waals surface area contributed by atoms with Crippen LogP contribution in [0.2, 0.25) is 0 Å². The number of likely N-dealkylation sites (N-methyl/N-ethyl adjacent to an activating group) is 1. The van der Waals surface area contributed by atoms with Crippen LogP contribution in [0.1, 0.15) is 22.3 Å². The molecule has 4 heteroatoms. The predicted octanol–water partition coefficient (Wildman–Crippen LogP) is 1.78. The van der Waals surface area contributed by atoms with E-state index in [1.807, 2.05) is 20.8 Å². The van der Waals surface area contributed by atoms with E-state index in [9.17, 15) is 9.59 Å². The zero-order valence-electron chi connectivity index (χ0n) is 11.5. The van der Waals surface area contributed by atoms with Crippen molar-refractivity contribution in [2.24, 2.45) is 0 Å². The average molecular weight is 249 g/mol. The highest BCUT2D eigenvalue weighted by atomic mass is 16.5. The fraction of sp³-hybridized carbons (Fsp3) is 0.429. The molecule has 0 radical (unpaired) electrons. The Hall–Kier alpha value is -1.84. The topological polar surface area (TPSA) is 46.6 Å². The number of nitrogens with zero attached hydrogens (tertiary/aromatic N) is 1. The summed E-state index contributed by atoms with van der Waals surface area (Å²) >= 11 is 0. The number of rotatable bonds is 4. The fourth-order valence-corrected chi connectivity index (χ4v) is 1.98. The van der Waals surface area contributed by atoms with Gasteiger partial charge in [-0.15, -0.1) is 0 Å². The molecule has 1 aromatic rings. The van der Waals surface area contributed by atoms with Crippen LogP contribution in [0.4, 0.5) is 0 Å². The van der Waals surface area contributed by atoms with Gasteiger partial charge in [0.15, 0.2) is 0 Å². The molecule has 0 fully saturated rings. The third-order valence-electron chi connectivity index (χ3n) is 3.19. The third kappa shape index (κ3) is 2.70. The molecular formula is C14H19NO3. The van der Waals surface area contributed by atoms with E-state index in [1.165, 1.54) is 4.90 Å². The summed E-state index contributed by atoms with van der Waals surface area (Å²) in [7, 11) is 3.22. The number of aldehydes is 1. The van der Waals surface area contributed by atoms with Crippen molar-refractivity contribution in [3.63, 3.8) is 0 Å². The van der Waals surface area contributed by atoms with Crippen LogP contribution in [-0.4, -0.2) is 31.3 Å². The summed E-state index contributed by atoms with van der Waals surface area (Å²) in [5.41, 5.74) is 4.21. The Bertz CT molecular complexity index is 480. The van der Waals surface area contributed by atoms with Crippen molar-refractivity contribution in [2.45, 2.75) is 27.3 Å². The number of benzene rings is 1. The highest BCUT2D eigenvalue weighted by molar-refractivity contribution is 6.23. The van der Waals surface area contributed by atoms with Crippen LogP contribution < -0.4 is 4.74 Å². The van der Waals surface area contributed by atoms with Gasteiger partial charge in [-0.1, -0.05) is 6.07 Å². The standard InChI is InChI=1S/C14H19NO3/c1-9-6-10(2)12(14(18-5)11(9)3)7-15(4)13(17)8-16/h6,8H,7H2,1-5H3. The lowest BCUT2D eigenvalue weighted by molar-refractivity contribution is -0.138. The van der Waals surface area contributed by atoms with Crippen molar-refractivity contribution in [1.82, 2.24) is 4.90 Å². The SMILES string of the molecule is COc1c(C)c(C)cc(C)c1CN(C)C(=O)C=O. The number of carbonyl (C=O) groups is 2. The summed E-state index contributed by atoms with van der Waals surface area (Å²) in [6.07, 6.45) is 0.322. The van der Waals surface area contributed by atoms with E-state index in [4.69, 9.17) is 4.74 Å². The molecule has 0 spiro atoms. The minimum absolute atomic E-state index is 0.322. The molecule has 0 bridgehead atoms. The number of aryl methyl sites for hydroxylation is 2. The molecule has 18 heavy (non-hydrogen) atoms. The Morgan fingerprint density at radius 1 is 1.33 bits per heavy atom. The van der Waals surface area contributed by atoms with Gasteiger partial charge < -0.3 is 9.64 Å². The molecule has 0 heterocycles. The van der Waals surface area contributed by atoms with E-state index < -0.39 is 5.91 Å². The fourth-order valence-electron chi connectivity index (χ4n) is 1.98. The van der Waals surface area contributed by atoms with Crippen LogP contribution in [0.25, 0.3) is 0 Å². The lowest BCUT2D eigenvalue weighted by Gasteiger charge is -2.20.